The average Bonchev–Trinajstić information content (AvgIpc) is 2.96. The first kappa shape index (κ1) is 14.4. The van der Waals surface area contributed by atoms with Crippen LogP contribution in [0.4, 0.5) is 13.2 Å². The molecule has 1 aromatic heterocycles. The summed E-state index contributed by atoms with van der Waals surface area (Å²) in [6, 6.07) is 2.53. The Morgan fingerprint density at radius 3 is 2.55 bits per heavy atom. The monoisotopic (exact) mass is 303 g/mol. The van der Waals surface area contributed by atoms with Gasteiger partial charge >= 0.3 is 6.18 Å². The van der Waals surface area contributed by atoms with Crippen molar-refractivity contribution in [1.29, 1.82) is 0 Å². The second-order valence-corrected chi connectivity index (χ2v) is 7.21. The van der Waals surface area contributed by atoms with Gasteiger partial charge in [0.1, 0.15) is 0 Å². The molecule has 0 aliphatic heterocycles. The summed E-state index contributed by atoms with van der Waals surface area (Å²) in [4.78, 5) is 2.86. The van der Waals surface area contributed by atoms with Crippen LogP contribution in [0.5, 0.6) is 0 Å². The molecule has 1 nitrogen and oxygen atoms in total. The fourth-order valence-electron chi connectivity index (χ4n) is 3.35. The first-order valence-electron chi connectivity index (χ1n) is 7.43. The summed E-state index contributed by atoms with van der Waals surface area (Å²) in [6.45, 7) is 0.818. The summed E-state index contributed by atoms with van der Waals surface area (Å²) in [6.07, 6.45) is 1.53. The molecular formula is C15H20F3NS. The maximum absolute atomic E-state index is 12.6. The molecule has 0 atom stereocenters. The third kappa shape index (κ3) is 3.19. The van der Waals surface area contributed by atoms with Crippen LogP contribution in [0.3, 0.4) is 0 Å². The summed E-state index contributed by atoms with van der Waals surface area (Å²) < 4.78 is 37.8. The Morgan fingerprint density at radius 1 is 1.15 bits per heavy atom. The van der Waals surface area contributed by atoms with Gasteiger partial charge in [-0.2, -0.15) is 13.2 Å². The number of hydrogen-bond donors (Lipinski definition) is 1. The van der Waals surface area contributed by atoms with E-state index in [1.54, 1.807) is 0 Å². The minimum Gasteiger partial charge on any atom is -0.309 e. The quantitative estimate of drug-likeness (QED) is 0.870. The van der Waals surface area contributed by atoms with Gasteiger partial charge in [-0.25, -0.2) is 0 Å². The molecule has 0 bridgehead atoms. The topological polar surface area (TPSA) is 12.0 Å². The maximum Gasteiger partial charge on any atom is 0.391 e. The van der Waals surface area contributed by atoms with Gasteiger partial charge in [-0.3, -0.25) is 0 Å². The Bertz CT molecular complexity index is 437. The summed E-state index contributed by atoms with van der Waals surface area (Å²) in [5.41, 5.74) is 1.49. The van der Waals surface area contributed by atoms with E-state index < -0.39 is 12.1 Å². The standard InChI is InChI=1S/C15H20F3NS/c16-15(17,18)11-4-6-12(7-5-11)19-9-13-8-10-2-1-3-14(10)20-13/h8,11-12,19H,1-7,9H2. The molecule has 0 amide bonds. The molecule has 1 N–H and O–H groups in total. The predicted molar refractivity (Wildman–Crippen MR) is 75.0 cm³/mol. The van der Waals surface area contributed by atoms with E-state index in [1.165, 1.54) is 34.6 Å². The highest BCUT2D eigenvalue weighted by atomic mass is 32.1. The van der Waals surface area contributed by atoms with Crippen LogP contribution < -0.4 is 5.32 Å². The molecule has 0 radical (unpaired) electrons. The Labute approximate surface area is 121 Å². The van der Waals surface area contributed by atoms with Gasteiger partial charge in [-0.05, 0) is 56.6 Å². The Kier molecular flexibility index (Phi) is 4.09. The van der Waals surface area contributed by atoms with Crippen LogP contribution in [-0.2, 0) is 19.4 Å². The van der Waals surface area contributed by atoms with Crippen LogP contribution >= 0.6 is 11.3 Å². The van der Waals surface area contributed by atoms with Gasteiger partial charge in [-0.1, -0.05) is 0 Å². The first-order valence-corrected chi connectivity index (χ1v) is 8.24. The highest BCUT2D eigenvalue weighted by Crippen LogP contribution is 2.37. The van der Waals surface area contributed by atoms with Crippen molar-refractivity contribution in [3.63, 3.8) is 0 Å². The van der Waals surface area contributed by atoms with Gasteiger partial charge in [0.05, 0.1) is 5.92 Å². The molecule has 1 saturated carbocycles. The van der Waals surface area contributed by atoms with E-state index in [0.717, 1.165) is 6.54 Å². The number of thiophene rings is 1. The molecule has 2 aliphatic rings. The van der Waals surface area contributed by atoms with E-state index in [1.807, 2.05) is 11.3 Å². The normalized spacial score (nSPS) is 26.8. The fourth-order valence-corrected chi connectivity index (χ4v) is 4.56. The molecule has 1 aromatic rings. The molecule has 1 fully saturated rings. The third-order valence-corrected chi connectivity index (χ3v) is 5.79. The van der Waals surface area contributed by atoms with Gasteiger partial charge in [-0.15, -0.1) is 11.3 Å². The molecule has 112 valence electrons. The average molecular weight is 303 g/mol. The van der Waals surface area contributed by atoms with Gasteiger partial charge in [0.25, 0.3) is 0 Å². The lowest BCUT2D eigenvalue weighted by Crippen LogP contribution is -2.36. The minimum absolute atomic E-state index is 0.255. The maximum atomic E-state index is 12.6. The number of rotatable bonds is 3. The Hall–Kier alpha value is -0.550. The van der Waals surface area contributed by atoms with Crippen molar-refractivity contribution in [2.75, 3.05) is 0 Å². The van der Waals surface area contributed by atoms with E-state index in [0.29, 0.717) is 12.8 Å². The molecule has 0 unspecified atom stereocenters. The summed E-state index contributed by atoms with van der Waals surface area (Å²) in [7, 11) is 0. The highest BCUT2D eigenvalue weighted by Gasteiger charge is 2.41. The minimum atomic E-state index is -4.00. The molecule has 0 aromatic carbocycles. The Balaban J connectivity index is 1.46. The lowest BCUT2D eigenvalue weighted by Gasteiger charge is -2.30. The zero-order valence-electron chi connectivity index (χ0n) is 11.4. The summed E-state index contributed by atoms with van der Waals surface area (Å²) >= 11 is 1.87. The van der Waals surface area contributed by atoms with Crippen molar-refractivity contribution >= 4 is 11.3 Å². The van der Waals surface area contributed by atoms with E-state index in [-0.39, 0.29) is 18.9 Å². The molecular weight excluding hydrogens is 283 g/mol. The third-order valence-electron chi connectivity index (χ3n) is 4.55. The molecule has 1 heterocycles. The van der Waals surface area contributed by atoms with Crippen molar-refractivity contribution in [2.45, 2.75) is 63.7 Å². The van der Waals surface area contributed by atoms with Crippen molar-refractivity contribution in [1.82, 2.24) is 5.32 Å². The lowest BCUT2D eigenvalue weighted by atomic mass is 9.85. The SMILES string of the molecule is FC(F)(F)C1CCC(NCc2cc3c(s2)CCC3)CC1. The number of fused-ring (bicyclic) bond motifs is 1. The fraction of sp³-hybridized carbons (Fsp3) is 0.733. The molecule has 0 spiro atoms. The van der Waals surface area contributed by atoms with Gasteiger partial charge < -0.3 is 5.32 Å². The zero-order valence-corrected chi connectivity index (χ0v) is 12.2. The van der Waals surface area contributed by atoms with E-state index >= 15 is 0 Å². The smallest absolute Gasteiger partial charge is 0.309 e. The number of nitrogens with one attached hydrogen (secondary N) is 1. The largest absolute Gasteiger partial charge is 0.391 e. The molecule has 20 heavy (non-hydrogen) atoms. The number of aryl methyl sites for hydroxylation is 2. The second kappa shape index (κ2) is 5.68. The van der Waals surface area contributed by atoms with Crippen LogP contribution in [0, 0.1) is 5.92 Å². The van der Waals surface area contributed by atoms with Crippen molar-refractivity contribution in [2.24, 2.45) is 5.92 Å². The highest BCUT2D eigenvalue weighted by molar-refractivity contribution is 7.12. The summed E-state index contributed by atoms with van der Waals surface area (Å²) in [5, 5.41) is 3.44. The molecule has 3 rings (SSSR count). The number of halogens is 3. The van der Waals surface area contributed by atoms with Crippen LogP contribution in [-0.4, -0.2) is 12.2 Å². The van der Waals surface area contributed by atoms with E-state index in [2.05, 4.69) is 11.4 Å². The Morgan fingerprint density at radius 2 is 1.90 bits per heavy atom. The van der Waals surface area contributed by atoms with Crippen molar-refractivity contribution in [3.05, 3.63) is 21.4 Å². The second-order valence-electron chi connectivity index (χ2n) is 5.99. The van der Waals surface area contributed by atoms with Crippen molar-refractivity contribution < 1.29 is 13.2 Å². The van der Waals surface area contributed by atoms with E-state index in [9.17, 15) is 13.2 Å². The molecule has 5 heteroatoms. The van der Waals surface area contributed by atoms with Gasteiger partial charge in [0.15, 0.2) is 0 Å². The van der Waals surface area contributed by atoms with Crippen LogP contribution in [0.25, 0.3) is 0 Å². The number of alkyl halides is 3. The van der Waals surface area contributed by atoms with Crippen molar-refractivity contribution in [3.8, 4) is 0 Å². The predicted octanol–water partition coefficient (Wildman–Crippen LogP) is 4.45. The molecule has 0 saturated heterocycles. The van der Waals surface area contributed by atoms with Gasteiger partial charge in [0.2, 0.25) is 0 Å². The van der Waals surface area contributed by atoms with Crippen LogP contribution in [0.2, 0.25) is 0 Å². The van der Waals surface area contributed by atoms with Crippen LogP contribution in [0.15, 0.2) is 6.07 Å². The van der Waals surface area contributed by atoms with Crippen LogP contribution in [0.1, 0.15) is 47.4 Å². The van der Waals surface area contributed by atoms with Gasteiger partial charge in [0, 0.05) is 22.3 Å². The first-order chi connectivity index (χ1) is 9.52. The number of hydrogen-bond acceptors (Lipinski definition) is 2. The lowest BCUT2D eigenvalue weighted by molar-refractivity contribution is -0.182. The molecule has 2 aliphatic carbocycles. The van der Waals surface area contributed by atoms with E-state index in [4.69, 9.17) is 0 Å². The zero-order chi connectivity index (χ0) is 14.2. The summed E-state index contributed by atoms with van der Waals surface area (Å²) in [5.74, 6) is -1.08.